The summed E-state index contributed by atoms with van der Waals surface area (Å²) < 4.78 is 34.5. The van der Waals surface area contributed by atoms with Crippen LogP contribution in [-0.2, 0) is 23.7 Å². The molecule has 0 radical (unpaired) electrons. The van der Waals surface area contributed by atoms with E-state index in [1.54, 1.807) is 6.33 Å². The number of rotatable bonds is 18. The molecule has 9 nitrogen and oxygen atoms in total. The zero-order valence-electron chi connectivity index (χ0n) is 23.6. The van der Waals surface area contributed by atoms with Gasteiger partial charge in [0, 0.05) is 32.8 Å². The maximum absolute atomic E-state index is 6.81. The van der Waals surface area contributed by atoms with Crippen molar-refractivity contribution < 1.29 is 23.7 Å². The van der Waals surface area contributed by atoms with E-state index in [2.05, 4.69) is 42.6 Å². The molecule has 2 aromatic rings. The third-order valence-electron chi connectivity index (χ3n) is 6.82. The molecule has 0 aliphatic carbocycles. The highest BCUT2D eigenvalue weighted by Crippen LogP contribution is 2.34. The Morgan fingerprint density at radius 2 is 1.47 bits per heavy atom. The van der Waals surface area contributed by atoms with E-state index in [-0.39, 0.29) is 24.4 Å². The lowest BCUT2D eigenvalue weighted by Crippen LogP contribution is -2.49. The van der Waals surface area contributed by atoms with Crippen molar-refractivity contribution in [3.63, 3.8) is 0 Å². The number of halogens is 1. The van der Waals surface area contributed by atoms with E-state index in [4.69, 9.17) is 35.3 Å². The summed E-state index contributed by atoms with van der Waals surface area (Å²) in [5.41, 5.74) is 1.18. The van der Waals surface area contributed by atoms with Crippen molar-refractivity contribution in [3.8, 4) is 0 Å². The van der Waals surface area contributed by atoms with Gasteiger partial charge in [0.15, 0.2) is 10.8 Å². The second-order valence-electron chi connectivity index (χ2n) is 9.92. The van der Waals surface area contributed by atoms with Gasteiger partial charge in [-0.1, -0.05) is 65.0 Å². The first-order chi connectivity index (χ1) is 18.6. The summed E-state index contributed by atoms with van der Waals surface area (Å²) in [6.07, 6.45) is 10.3. The molecule has 2 aromatic heterocycles. The quantitative estimate of drug-likeness (QED) is 0.160. The van der Waals surface area contributed by atoms with Crippen LogP contribution in [0.15, 0.2) is 12.7 Å². The second-order valence-corrected chi connectivity index (χ2v) is 10.3. The van der Waals surface area contributed by atoms with Crippen LogP contribution in [0.4, 0.5) is 0 Å². The van der Waals surface area contributed by atoms with Gasteiger partial charge in [-0.25, -0.2) is 15.0 Å². The molecule has 1 saturated heterocycles. The van der Waals surface area contributed by atoms with E-state index < -0.39 is 6.23 Å². The molecule has 1 aliphatic heterocycles. The number of fused-ring (bicyclic) bond motifs is 1. The second kappa shape index (κ2) is 17.4. The Balaban J connectivity index is 1.98. The van der Waals surface area contributed by atoms with E-state index in [0.717, 1.165) is 51.4 Å². The minimum Gasteiger partial charge on any atom is -0.379 e. The van der Waals surface area contributed by atoms with Crippen molar-refractivity contribution in [3.05, 3.63) is 17.8 Å². The van der Waals surface area contributed by atoms with Gasteiger partial charge in [0.2, 0.25) is 0 Å². The first-order valence-corrected chi connectivity index (χ1v) is 14.9. The number of unbranched alkanes of at least 4 members (excludes halogenated alkanes) is 4. The molecule has 0 spiro atoms. The van der Waals surface area contributed by atoms with Gasteiger partial charge < -0.3 is 23.7 Å². The fourth-order valence-corrected chi connectivity index (χ4v) is 4.73. The van der Waals surface area contributed by atoms with Crippen molar-refractivity contribution in [2.75, 3.05) is 33.0 Å². The van der Waals surface area contributed by atoms with E-state index in [1.165, 1.54) is 6.33 Å². The van der Waals surface area contributed by atoms with Gasteiger partial charge in [-0.2, -0.15) is 0 Å². The Hall–Kier alpha value is -1.36. The summed E-state index contributed by atoms with van der Waals surface area (Å²) in [6, 6.07) is 0. The average Bonchev–Trinajstić information content (AvgIpc) is 3.30. The first-order valence-electron chi connectivity index (χ1n) is 14.5. The minimum absolute atomic E-state index is 0.231. The van der Waals surface area contributed by atoms with Crippen molar-refractivity contribution in [2.24, 2.45) is 0 Å². The van der Waals surface area contributed by atoms with Crippen LogP contribution in [0.2, 0.25) is 5.15 Å². The van der Waals surface area contributed by atoms with E-state index in [0.29, 0.717) is 55.8 Å². The van der Waals surface area contributed by atoms with Gasteiger partial charge in [0.05, 0.1) is 19.0 Å². The predicted molar refractivity (Wildman–Crippen MR) is 149 cm³/mol. The monoisotopic (exact) mass is 554 g/mol. The van der Waals surface area contributed by atoms with Gasteiger partial charge in [0.25, 0.3) is 0 Å². The first kappa shape index (κ1) is 31.2. The molecule has 3 rings (SSSR count). The lowest BCUT2D eigenvalue weighted by atomic mass is 10.0. The molecule has 5 atom stereocenters. The summed E-state index contributed by atoms with van der Waals surface area (Å²) in [4.78, 5) is 13.0. The van der Waals surface area contributed by atoms with Crippen molar-refractivity contribution in [2.45, 2.75) is 116 Å². The Bertz CT molecular complexity index is 916. The van der Waals surface area contributed by atoms with Crippen molar-refractivity contribution in [1.82, 2.24) is 19.5 Å². The van der Waals surface area contributed by atoms with E-state index in [9.17, 15) is 0 Å². The number of aromatic nitrogens is 4. The number of imidazole rings is 1. The van der Waals surface area contributed by atoms with Crippen molar-refractivity contribution in [1.29, 1.82) is 0 Å². The summed E-state index contributed by atoms with van der Waals surface area (Å²) in [5, 5.41) is 0.319. The average molecular weight is 555 g/mol. The number of nitrogens with zero attached hydrogens (tertiary/aromatic N) is 4. The summed E-state index contributed by atoms with van der Waals surface area (Å²) in [7, 11) is 0. The topological polar surface area (TPSA) is 89.8 Å². The molecule has 1 fully saturated rings. The van der Waals surface area contributed by atoms with E-state index >= 15 is 0 Å². The van der Waals surface area contributed by atoms with Crippen LogP contribution < -0.4 is 0 Å². The SMILES string of the molecule is CCCCOC[C@H]1O[C@@H](n2cnc3c(Cl)ncnc32)C[C@H](OCCCC)[C@@H](OCCCC)[C@H]1OCCCC. The molecule has 0 N–H and O–H groups in total. The normalized spacial score (nSPS) is 24.2. The lowest BCUT2D eigenvalue weighted by molar-refractivity contribution is -0.176. The summed E-state index contributed by atoms with van der Waals surface area (Å²) in [5.74, 6) is 0. The van der Waals surface area contributed by atoms with Gasteiger partial charge in [-0.15, -0.1) is 0 Å². The maximum atomic E-state index is 6.81. The van der Waals surface area contributed by atoms with Crippen LogP contribution in [-0.4, -0.2) is 77.0 Å². The number of ether oxygens (including phenoxy) is 5. The van der Waals surface area contributed by atoms with Crippen molar-refractivity contribution >= 4 is 22.8 Å². The minimum atomic E-state index is -0.408. The van der Waals surface area contributed by atoms with Gasteiger partial charge >= 0.3 is 0 Å². The standard InChI is InChI=1S/C28H47ClN4O5/c1-5-9-13-34-18-22-26(37-16-12-8-4)25(36-15-11-7-3)21(35-14-10-6-2)17-23(38-22)33-20-32-24-27(29)30-19-31-28(24)33/h19-23,25-26H,5-18H2,1-4H3/t21-,22+,23+,25+,26-/m0/s1. The molecule has 0 bridgehead atoms. The third kappa shape index (κ3) is 8.83. The predicted octanol–water partition coefficient (Wildman–Crippen LogP) is 6.14. The fraction of sp³-hybridized carbons (Fsp3) is 0.821. The molecule has 3 heterocycles. The summed E-state index contributed by atoms with van der Waals surface area (Å²) >= 11 is 6.32. The maximum Gasteiger partial charge on any atom is 0.166 e. The van der Waals surface area contributed by atoms with Crippen LogP contribution in [0.1, 0.15) is 91.7 Å². The fourth-order valence-electron chi connectivity index (χ4n) is 4.56. The molecule has 0 aromatic carbocycles. The van der Waals surface area contributed by atoms with E-state index in [1.807, 2.05) is 4.57 Å². The van der Waals surface area contributed by atoms with Gasteiger partial charge in [0.1, 0.15) is 36.4 Å². The molecular formula is C28H47ClN4O5. The number of hydrogen-bond acceptors (Lipinski definition) is 8. The van der Waals surface area contributed by atoms with Crippen LogP contribution in [0.25, 0.3) is 11.2 Å². The Morgan fingerprint density at radius 1 is 0.842 bits per heavy atom. The largest absolute Gasteiger partial charge is 0.379 e. The Morgan fingerprint density at radius 3 is 2.16 bits per heavy atom. The zero-order chi connectivity index (χ0) is 27.2. The van der Waals surface area contributed by atoms with Gasteiger partial charge in [-0.3, -0.25) is 4.57 Å². The van der Waals surface area contributed by atoms with Crippen LogP contribution in [0.5, 0.6) is 0 Å². The van der Waals surface area contributed by atoms with Crippen LogP contribution in [0, 0.1) is 0 Å². The Kier molecular flexibility index (Phi) is 14.2. The molecule has 0 saturated carbocycles. The van der Waals surface area contributed by atoms with Gasteiger partial charge in [-0.05, 0) is 25.7 Å². The highest BCUT2D eigenvalue weighted by atomic mass is 35.5. The molecule has 0 unspecified atom stereocenters. The summed E-state index contributed by atoms with van der Waals surface area (Å²) in [6.45, 7) is 11.7. The molecule has 10 heteroatoms. The van der Waals surface area contributed by atoms with Crippen LogP contribution >= 0.6 is 11.6 Å². The highest BCUT2D eigenvalue weighted by molar-refractivity contribution is 6.33. The zero-order valence-corrected chi connectivity index (χ0v) is 24.4. The molecular weight excluding hydrogens is 508 g/mol. The molecule has 38 heavy (non-hydrogen) atoms. The molecule has 0 amide bonds. The highest BCUT2D eigenvalue weighted by Gasteiger charge is 2.44. The molecule has 1 aliphatic rings. The van der Waals surface area contributed by atoms with Crippen LogP contribution in [0.3, 0.4) is 0 Å². The Labute approximate surface area is 232 Å². The lowest BCUT2D eigenvalue weighted by Gasteiger charge is -2.34. The number of hydrogen-bond donors (Lipinski definition) is 0. The smallest absolute Gasteiger partial charge is 0.166 e. The molecule has 216 valence electrons. The third-order valence-corrected chi connectivity index (χ3v) is 7.09.